The Hall–Kier alpha value is -1.72. The molecule has 1 aromatic carbocycles. The molecule has 0 N–H and O–H groups in total. The molecule has 0 bridgehead atoms. The highest BCUT2D eigenvalue weighted by atomic mass is 35.5. The first-order valence-electron chi connectivity index (χ1n) is 8.01. The highest BCUT2D eigenvalue weighted by Crippen LogP contribution is 2.34. The van der Waals surface area contributed by atoms with Crippen molar-refractivity contribution in [3.63, 3.8) is 0 Å². The number of hydrogen-bond acceptors (Lipinski definition) is 3. The predicted molar refractivity (Wildman–Crippen MR) is 96.1 cm³/mol. The molecule has 2 heterocycles. The summed E-state index contributed by atoms with van der Waals surface area (Å²) in [6.07, 6.45) is 3.50. The summed E-state index contributed by atoms with van der Waals surface area (Å²) in [5, 5.41) is 1.35. The quantitative estimate of drug-likeness (QED) is 0.698. The lowest BCUT2D eigenvalue weighted by molar-refractivity contribution is 0.433. The van der Waals surface area contributed by atoms with Gasteiger partial charge in [-0.05, 0) is 42.5 Å². The first-order chi connectivity index (χ1) is 11.7. The van der Waals surface area contributed by atoms with Crippen LogP contribution in [0.3, 0.4) is 0 Å². The molecule has 1 aliphatic rings. The van der Waals surface area contributed by atoms with Crippen molar-refractivity contribution in [2.24, 2.45) is 0 Å². The summed E-state index contributed by atoms with van der Waals surface area (Å²) in [5.74, 6) is 0.604. The van der Waals surface area contributed by atoms with E-state index in [1.54, 1.807) is 17.4 Å². The van der Waals surface area contributed by atoms with Gasteiger partial charge in [-0.15, -0.1) is 11.3 Å². The van der Waals surface area contributed by atoms with E-state index in [1.165, 1.54) is 9.44 Å². The Morgan fingerprint density at radius 3 is 3.00 bits per heavy atom. The van der Waals surface area contributed by atoms with Gasteiger partial charge < -0.3 is 0 Å². The first-order valence-corrected chi connectivity index (χ1v) is 9.21. The van der Waals surface area contributed by atoms with Crippen LogP contribution in [0.2, 0.25) is 5.02 Å². The summed E-state index contributed by atoms with van der Waals surface area (Å²) in [4.78, 5) is 19.7. The van der Waals surface area contributed by atoms with Gasteiger partial charge in [-0.2, -0.15) is 0 Å². The fraction of sp³-hybridized carbons (Fsp3) is 0.333. The number of thiophene rings is 1. The number of halogens is 2. The van der Waals surface area contributed by atoms with Crippen molar-refractivity contribution in [3.05, 3.63) is 61.5 Å². The van der Waals surface area contributed by atoms with Gasteiger partial charge in [0, 0.05) is 16.3 Å². The maximum Gasteiger partial charge on any atom is 0.262 e. The van der Waals surface area contributed by atoms with Crippen LogP contribution in [0.4, 0.5) is 4.39 Å². The number of benzene rings is 1. The Morgan fingerprint density at radius 1 is 1.33 bits per heavy atom. The SMILES string of the molecule is O=c1c2c3c(sc2nc(Cc2cccc(Cl)c2)n1CCF)CCC3. The second-order valence-electron chi connectivity index (χ2n) is 6.02. The van der Waals surface area contributed by atoms with Crippen LogP contribution in [0.15, 0.2) is 29.1 Å². The molecule has 0 unspecified atom stereocenters. The molecular weight excluding hydrogens is 347 g/mol. The molecule has 0 saturated carbocycles. The van der Waals surface area contributed by atoms with Gasteiger partial charge in [-0.1, -0.05) is 23.7 Å². The molecule has 24 heavy (non-hydrogen) atoms. The number of aromatic nitrogens is 2. The average molecular weight is 363 g/mol. The van der Waals surface area contributed by atoms with Crippen molar-refractivity contribution in [2.45, 2.75) is 32.2 Å². The van der Waals surface area contributed by atoms with Crippen molar-refractivity contribution in [2.75, 3.05) is 6.67 Å². The lowest BCUT2D eigenvalue weighted by atomic mass is 10.1. The summed E-state index contributed by atoms with van der Waals surface area (Å²) >= 11 is 7.65. The Morgan fingerprint density at radius 2 is 2.21 bits per heavy atom. The van der Waals surface area contributed by atoms with Crippen molar-refractivity contribution in [1.29, 1.82) is 0 Å². The summed E-state index contributed by atoms with van der Waals surface area (Å²) in [6.45, 7) is -0.537. The van der Waals surface area contributed by atoms with E-state index >= 15 is 0 Å². The largest absolute Gasteiger partial charge is 0.293 e. The van der Waals surface area contributed by atoms with Gasteiger partial charge in [-0.3, -0.25) is 9.36 Å². The van der Waals surface area contributed by atoms with Gasteiger partial charge in [0.1, 0.15) is 17.3 Å². The van der Waals surface area contributed by atoms with Gasteiger partial charge in [0.25, 0.3) is 5.56 Å². The molecule has 0 radical (unpaired) electrons. The van der Waals surface area contributed by atoms with E-state index in [2.05, 4.69) is 0 Å². The maximum atomic E-state index is 13.0. The molecule has 0 atom stereocenters. The smallest absolute Gasteiger partial charge is 0.262 e. The minimum atomic E-state index is -0.581. The average Bonchev–Trinajstić information content (AvgIpc) is 3.11. The van der Waals surface area contributed by atoms with Crippen molar-refractivity contribution in [1.82, 2.24) is 9.55 Å². The second-order valence-corrected chi connectivity index (χ2v) is 7.54. The van der Waals surface area contributed by atoms with Gasteiger partial charge in [0.05, 0.1) is 11.9 Å². The molecule has 124 valence electrons. The summed E-state index contributed by atoms with van der Waals surface area (Å²) in [7, 11) is 0. The Balaban J connectivity index is 1.88. The van der Waals surface area contributed by atoms with Crippen molar-refractivity contribution >= 4 is 33.2 Å². The van der Waals surface area contributed by atoms with Crippen LogP contribution in [-0.2, 0) is 25.8 Å². The number of nitrogens with zero attached hydrogens (tertiary/aromatic N) is 2. The van der Waals surface area contributed by atoms with Crippen LogP contribution < -0.4 is 5.56 Å². The number of aryl methyl sites for hydroxylation is 2. The van der Waals surface area contributed by atoms with Gasteiger partial charge in [-0.25, -0.2) is 9.37 Å². The summed E-state index contributed by atoms with van der Waals surface area (Å²) in [5.41, 5.74) is 1.99. The van der Waals surface area contributed by atoms with E-state index in [1.807, 2.05) is 18.2 Å². The first kappa shape index (κ1) is 15.8. The molecule has 3 nitrogen and oxygen atoms in total. The Labute approximate surface area is 147 Å². The topological polar surface area (TPSA) is 34.9 Å². The van der Waals surface area contributed by atoms with Crippen LogP contribution in [0.5, 0.6) is 0 Å². The number of fused-ring (bicyclic) bond motifs is 3. The number of alkyl halides is 1. The summed E-state index contributed by atoms with van der Waals surface area (Å²) < 4.78 is 14.5. The fourth-order valence-corrected chi connectivity index (χ4v) is 4.88. The van der Waals surface area contributed by atoms with E-state index in [-0.39, 0.29) is 12.1 Å². The highest BCUT2D eigenvalue weighted by Gasteiger charge is 2.23. The zero-order valence-electron chi connectivity index (χ0n) is 13.0. The van der Waals surface area contributed by atoms with E-state index in [0.29, 0.717) is 22.7 Å². The minimum absolute atomic E-state index is 0.0439. The van der Waals surface area contributed by atoms with E-state index in [4.69, 9.17) is 16.6 Å². The number of hydrogen-bond donors (Lipinski definition) is 0. The maximum absolute atomic E-state index is 13.0. The van der Waals surface area contributed by atoms with Crippen LogP contribution in [0.25, 0.3) is 10.2 Å². The predicted octanol–water partition coefficient (Wildman–Crippen LogP) is 4.16. The monoisotopic (exact) mass is 362 g/mol. The van der Waals surface area contributed by atoms with Crippen molar-refractivity contribution < 1.29 is 4.39 Å². The zero-order valence-corrected chi connectivity index (χ0v) is 14.6. The van der Waals surface area contributed by atoms with Crippen LogP contribution in [0, 0.1) is 0 Å². The molecule has 3 aromatic rings. The molecular formula is C18H16ClFN2OS. The Bertz CT molecular complexity index is 979. The van der Waals surface area contributed by atoms with Crippen molar-refractivity contribution in [3.8, 4) is 0 Å². The van der Waals surface area contributed by atoms with Gasteiger partial charge in [0.2, 0.25) is 0 Å². The lowest BCUT2D eigenvalue weighted by Crippen LogP contribution is -2.26. The van der Waals surface area contributed by atoms with E-state index < -0.39 is 6.67 Å². The molecule has 6 heteroatoms. The highest BCUT2D eigenvalue weighted by molar-refractivity contribution is 7.18. The molecule has 0 fully saturated rings. The molecule has 0 aliphatic heterocycles. The second kappa shape index (κ2) is 6.30. The van der Waals surface area contributed by atoms with E-state index in [9.17, 15) is 9.18 Å². The standard InChI is InChI=1S/C18H16ClFN2OS/c19-12-4-1-3-11(9-12)10-15-21-17-16(18(23)22(15)8-7-20)13-5-2-6-14(13)24-17/h1,3-4,9H,2,5-8,10H2. The molecule has 0 amide bonds. The summed E-state index contributed by atoms with van der Waals surface area (Å²) in [6, 6.07) is 7.47. The van der Waals surface area contributed by atoms with Crippen LogP contribution in [0.1, 0.15) is 28.2 Å². The lowest BCUT2D eigenvalue weighted by Gasteiger charge is -2.11. The molecule has 0 spiro atoms. The zero-order chi connectivity index (χ0) is 16.7. The molecule has 4 rings (SSSR count). The fourth-order valence-electron chi connectivity index (χ4n) is 3.40. The molecule has 0 saturated heterocycles. The third-order valence-electron chi connectivity index (χ3n) is 4.46. The third-order valence-corrected chi connectivity index (χ3v) is 5.88. The molecule has 2 aromatic heterocycles. The molecule has 1 aliphatic carbocycles. The third kappa shape index (κ3) is 2.66. The van der Waals surface area contributed by atoms with Crippen LogP contribution in [-0.4, -0.2) is 16.2 Å². The van der Waals surface area contributed by atoms with Gasteiger partial charge >= 0.3 is 0 Å². The minimum Gasteiger partial charge on any atom is -0.293 e. The normalized spacial score (nSPS) is 13.6. The van der Waals surface area contributed by atoms with Crippen LogP contribution >= 0.6 is 22.9 Å². The Kier molecular flexibility index (Phi) is 4.14. The number of rotatable bonds is 4. The van der Waals surface area contributed by atoms with Gasteiger partial charge in [0.15, 0.2) is 0 Å². The van der Waals surface area contributed by atoms with E-state index in [0.717, 1.165) is 35.2 Å².